The molecule has 0 aliphatic carbocycles. The molecule has 2 aliphatic heterocycles. The first-order valence-electron chi connectivity index (χ1n) is 8.46. The Bertz CT molecular complexity index is 450. The van der Waals surface area contributed by atoms with Crippen LogP contribution in [-0.4, -0.2) is 62.4 Å². The van der Waals surface area contributed by atoms with Gasteiger partial charge in [0.1, 0.15) is 5.82 Å². The van der Waals surface area contributed by atoms with Gasteiger partial charge in [0.05, 0.1) is 25.1 Å². The van der Waals surface area contributed by atoms with Crippen LogP contribution in [0.1, 0.15) is 19.8 Å². The van der Waals surface area contributed by atoms with E-state index in [0.717, 1.165) is 38.0 Å². The predicted molar refractivity (Wildman–Crippen MR) is 90.6 cm³/mol. The van der Waals surface area contributed by atoms with Gasteiger partial charge in [-0.25, -0.2) is 4.98 Å². The smallest absolute Gasteiger partial charge is 0.126 e. The number of morpholine rings is 1. The third-order valence-electron chi connectivity index (χ3n) is 4.97. The number of ether oxygens (including phenoxy) is 1. The van der Waals surface area contributed by atoms with E-state index in [2.05, 4.69) is 46.2 Å². The summed E-state index contributed by atoms with van der Waals surface area (Å²) in [5.74, 6) is 1.74. The van der Waals surface area contributed by atoms with Gasteiger partial charge in [0.2, 0.25) is 0 Å². The van der Waals surface area contributed by atoms with Crippen molar-refractivity contribution in [2.24, 2.45) is 5.92 Å². The molecular weight excluding hydrogens is 276 g/mol. The van der Waals surface area contributed by atoms with E-state index in [1.165, 1.54) is 31.6 Å². The average Bonchev–Trinajstić information content (AvgIpc) is 2.57. The molecule has 1 atom stereocenters. The van der Waals surface area contributed by atoms with Crippen molar-refractivity contribution < 1.29 is 4.74 Å². The van der Waals surface area contributed by atoms with Crippen LogP contribution in [0.2, 0.25) is 0 Å². The quantitative estimate of drug-likeness (QED) is 0.922. The monoisotopic (exact) mass is 304 g/mol. The number of piperidine rings is 1. The fourth-order valence-corrected chi connectivity index (χ4v) is 3.36. The molecular formula is C17H28N4O. The van der Waals surface area contributed by atoms with E-state index in [1.807, 2.05) is 6.20 Å². The lowest BCUT2D eigenvalue weighted by Crippen LogP contribution is -2.37. The van der Waals surface area contributed by atoms with Crippen molar-refractivity contribution in [3.05, 3.63) is 18.3 Å². The highest BCUT2D eigenvalue weighted by Crippen LogP contribution is 2.23. The van der Waals surface area contributed by atoms with Crippen molar-refractivity contribution in [1.29, 1.82) is 0 Å². The largest absolute Gasteiger partial charge is 0.378 e. The Morgan fingerprint density at radius 1 is 1.18 bits per heavy atom. The van der Waals surface area contributed by atoms with Gasteiger partial charge in [-0.15, -0.1) is 0 Å². The topological polar surface area (TPSA) is 40.6 Å². The lowest BCUT2D eigenvalue weighted by Gasteiger charge is -2.33. The van der Waals surface area contributed by atoms with Crippen LogP contribution in [0.5, 0.6) is 0 Å². The molecule has 1 N–H and O–H groups in total. The van der Waals surface area contributed by atoms with Crippen LogP contribution in [0.3, 0.4) is 0 Å². The minimum atomic E-state index is 0.482. The molecule has 3 rings (SSSR count). The van der Waals surface area contributed by atoms with Crippen LogP contribution in [0.15, 0.2) is 18.3 Å². The molecule has 3 heterocycles. The Labute approximate surface area is 133 Å². The minimum Gasteiger partial charge on any atom is -0.378 e. The molecule has 0 amide bonds. The van der Waals surface area contributed by atoms with E-state index in [9.17, 15) is 0 Å². The molecule has 2 saturated heterocycles. The zero-order chi connectivity index (χ0) is 15.4. The van der Waals surface area contributed by atoms with Crippen LogP contribution in [0, 0.1) is 5.92 Å². The molecule has 2 fully saturated rings. The molecule has 1 aromatic heterocycles. The van der Waals surface area contributed by atoms with Gasteiger partial charge in [-0.1, -0.05) is 0 Å². The number of rotatable bonds is 4. The minimum absolute atomic E-state index is 0.482. The molecule has 5 nitrogen and oxygen atoms in total. The molecule has 0 radical (unpaired) electrons. The Morgan fingerprint density at radius 3 is 2.55 bits per heavy atom. The fourth-order valence-electron chi connectivity index (χ4n) is 3.36. The second-order valence-corrected chi connectivity index (χ2v) is 6.57. The summed E-state index contributed by atoms with van der Waals surface area (Å²) in [5.41, 5.74) is 1.20. The van der Waals surface area contributed by atoms with Gasteiger partial charge in [0.15, 0.2) is 0 Å². The number of likely N-dealkylation sites (tertiary alicyclic amines) is 1. The van der Waals surface area contributed by atoms with Gasteiger partial charge >= 0.3 is 0 Å². The Morgan fingerprint density at radius 2 is 1.91 bits per heavy atom. The molecule has 0 saturated carbocycles. The van der Waals surface area contributed by atoms with Gasteiger partial charge in [-0.05, 0) is 58.0 Å². The number of anilines is 2. The normalized spacial score (nSPS) is 22.5. The lowest BCUT2D eigenvalue weighted by molar-refractivity contribution is 0.122. The van der Waals surface area contributed by atoms with Crippen molar-refractivity contribution in [2.75, 3.05) is 56.7 Å². The van der Waals surface area contributed by atoms with Crippen molar-refractivity contribution in [3.63, 3.8) is 0 Å². The molecule has 122 valence electrons. The van der Waals surface area contributed by atoms with Crippen LogP contribution in [0.4, 0.5) is 11.5 Å². The zero-order valence-electron chi connectivity index (χ0n) is 13.8. The maximum absolute atomic E-state index is 5.39. The van der Waals surface area contributed by atoms with Crippen LogP contribution >= 0.6 is 0 Å². The maximum atomic E-state index is 5.39. The fraction of sp³-hybridized carbons (Fsp3) is 0.706. The summed E-state index contributed by atoms with van der Waals surface area (Å²) in [6, 6.07) is 4.76. The molecule has 1 unspecified atom stereocenters. The standard InChI is InChI=1S/C17H28N4O/c1-14(15-5-7-20(2)8-6-15)19-17-4-3-16(13-18-17)21-9-11-22-12-10-21/h3-4,13-15H,5-12H2,1-2H3,(H,18,19). The third-order valence-corrected chi connectivity index (χ3v) is 4.97. The number of nitrogens with zero attached hydrogens (tertiary/aromatic N) is 3. The second-order valence-electron chi connectivity index (χ2n) is 6.57. The zero-order valence-corrected chi connectivity index (χ0v) is 13.8. The summed E-state index contributed by atoms with van der Waals surface area (Å²) < 4.78 is 5.39. The predicted octanol–water partition coefficient (Wildman–Crippen LogP) is 2.06. The Hall–Kier alpha value is -1.33. The molecule has 1 aromatic rings. The molecule has 0 spiro atoms. The van der Waals surface area contributed by atoms with Crippen molar-refractivity contribution in [1.82, 2.24) is 9.88 Å². The number of pyridine rings is 1. The number of aromatic nitrogens is 1. The Balaban J connectivity index is 1.54. The van der Waals surface area contributed by atoms with Crippen LogP contribution < -0.4 is 10.2 Å². The van der Waals surface area contributed by atoms with Crippen LogP contribution in [-0.2, 0) is 4.74 Å². The highest BCUT2D eigenvalue weighted by molar-refractivity contribution is 5.50. The van der Waals surface area contributed by atoms with Gasteiger partial charge in [0.25, 0.3) is 0 Å². The maximum Gasteiger partial charge on any atom is 0.126 e. The molecule has 0 aromatic carbocycles. The summed E-state index contributed by atoms with van der Waals surface area (Å²) in [7, 11) is 2.21. The summed E-state index contributed by atoms with van der Waals surface area (Å²) in [6.07, 6.45) is 4.53. The van der Waals surface area contributed by atoms with E-state index < -0.39 is 0 Å². The molecule has 2 aliphatic rings. The van der Waals surface area contributed by atoms with E-state index in [4.69, 9.17) is 4.74 Å². The van der Waals surface area contributed by atoms with E-state index in [1.54, 1.807) is 0 Å². The molecule has 0 bridgehead atoms. The summed E-state index contributed by atoms with van der Waals surface area (Å²) in [5, 5.41) is 3.58. The van der Waals surface area contributed by atoms with Gasteiger partial charge in [-0.3, -0.25) is 0 Å². The SMILES string of the molecule is CC(Nc1ccc(N2CCOCC2)cn1)C1CCN(C)CC1. The summed E-state index contributed by atoms with van der Waals surface area (Å²) in [6.45, 7) is 8.24. The third kappa shape index (κ3) is 3.90. The Kier molecular flexibility index (Phi) is 5.16. The summed E-state index contributed by atoms with van der Waals surface area (Å²) >= 11 is 0. The first-order valence-corrected chi connectivity index (χ1v) is 8.46. The van der Waals surface area contributed by atoms with E-state index >= 15 is 0 Å². The number of hydrogen-bond donors (Lipinski definition) is 1. The van der Waals surface area contributed by atoms with Crippen LogP contribution in [0.25, 0.3) is 0 Å². The summed E-state index contributed by atoms with van der Waals surface area (Å²) in [4.78, 5) is 9.35. The number of nitrogens with one attached hydrogen (secondary N) is 1. The lowest BCUT2D eigenvalue weighted by atomic mass is 9.90. The van der Waals surface area contributed by atoms with Crippen molar-refractivity contribution in [2.45, 2.75) is 25.8 Å². The van der Waals surface area contributed by atoms with E-state index in [-0.39, 0.29) is 0 Å². The van der Waals surface area contributed by atoms with Gasteiger partial charge in [-0.2, -0.15) is 0 Å². The molecule has 22 heavy (non-hydrogen) atoms. The van der Waals surface area contributed by atoms with Crippen molar-refractivity contribution >= 4 is 11.5 Å². The average molecular weight is 304 g/mol. The van der Waals surface area contributed by atoms with Gasteiger partial charge < -0.3 is 19.9 Å². The first-order chi connectivity index (χ1) is 10.7. The number of hydrogen-bond acceptors (Lipinski definition) is 5. The van der Waals surface area contributed by atoms with Gasteiger partial charge in [0, 0.05) is 19.1 Å². The highest BCUT2D eigenvalue weighted by atomic mass is 16.5. The first kappa shape index (κ1) is 15.6. The second kappa shape index (κ2) is 7.29. The van der Waals surface area contributed by atoms with Crippen molar-refractivity contribution in [3.8, 4) is 0 Å². The van der Waals surface area contributed by atoms with E-state index in [0.29, 0.717) is 6.04 Å². The highest BCUT2D eigenvalue weighted by Gasteiger charge is 2.22. The molecule has 5 heteroatoms.